The minimum atomic E-state index is -3.97. The summed E-state index contributed by atoms with van der Waals surface area (Å²) in [5.74, 6) is -0.590. The van der Waals surface area contributed by atoms with Crippen LogP contribution in [0, 0.1) is 16.0 Å². The summed E-state index contributed by atoms with van der Waals surface area (Å²) in [6.07, 6.45) is -0.564. The summed E-state index contributed by atoms with van der Waals surface area (Å²) in [4.78, 5) is 24.6. The Balaban J connectivity index is 2.07. The largest absolute Gasteiger partial charge is 0.392 e. The lowest BCUT2D eigenvalue weighted by atomic mass is 9.92. The lowest BCUT2D eigenvalue weighted by Gasteiger charge is -2.27. The molecule has 0 aromatic heterocycles. The Morgan fingerprint density at radius 2 is 1.69 bits per heavy atom. The zero-order valence-corrected chi connectivity index (χ0v) is 19.0. The fourth-order valence-corrected chi connectivity index (χ4v) is 4.48. The van der Waals surface area contributed by atoms with Gasteiger partial charge >= 0.3 is 0 Å². The van der Waals surface area contributed by atoms with Crippen LogP contribution in [-0.4, -0.2) is 55.0 Å². The van der Waals surface area contributed by atoms with Gasteiger partial charge in [0.1, 0.15) is 0 Å². The van der Waals surface area contributed by atoms with E-state index < -0.39 is 27.0 Å². The van der Waals surface area contributed by atoms with Gasteiger partial charge in [0, 0.05) is 37.7 Å². The molecule has 0 bridgehead atoms. The molecule has 0 radical (unpaired) electrons. The second-order valence-electron chi connectivity index (χ2n) is 7.39. The first-order valence-electron chi connectivity index (χ1n) is 10.4. The fourth-order valence-electron chi connectivity index (χ4n) is 3.41. The van der Waals surface area contributed by atoms with Crippen molar-refractivity contribution >= 4 is 21.6 Å². The van der Waals surface area contributed by atoms with Gasteiger partial charge in [-0.3, -0.25) is 14.9 Å². The van der Waals surface area contributed by atoms with Crippen LogP contribution >= 0.6 is 0 Å². The first-order chi connectivity index (χ1) is 15.2. The van der Waals surface area contributed by atoms with E-state index in [4.69, 9.17) is 0 Å². The van der Waals surface area contributed by atoms with Crippen LogP contribution in [0.1, 0.15) is 25.8 Å². The average Bonchev–Trinajstić information content (AvgIpc) is 2.79. The number of benzene rings is 2. The molecule has 0 saturated carbocycles. The van der Waals surface area contributed by atoms with Crippen molar-refractivity contribution in [2.75, 3.05) is 19.6 Å². The molecule has 2 aromatic carbocycles. The zero-order chi connectivity index (χ0) is 23.7. The number of carbonyl (C=O) groups excluding carboxylic acids is 1. The Morgan fingerprint density at radius 3 is 2.22 bits per heavy atom. The van der Waals surface area contributed by atoms with Gasteiger partial charge in [0.15, 0.2) is 0 Å². The summed E-state index contributed by atoms with van der Waals surface area (Å²) < 4.78 is 27.2. The minimum Gasteiger partial charge on any atom is -0.392 e. The molecule has 2 rings (SSSR count). The molecule has 0 aliphatic heterocycles. The number of nitrogens with zero attached hydrogens (tertiary/aromatic N) is 2. The number of sulfonamides is 1. The monoisotopic (exact) mass is 463 g/mol. The molecule has 10 heteroatoms. The van der Waals surface area contributed by atoms with Crippen molar-refractivity contribution < 1.29 is 23.2 Å². The third kappa shape index (κ3) is 7.11. The molecule has 9 nitrogen and oxygen atoms in total. The number of amides is 1. The highest BCUT2D eigenvalue weighted by atomic mass is 32.2. The number of hydrogen-bond acceptors (Lipinski definition) is 6. The number of non-ortho nitro benzene ring substituents is 1. The molecule has 0 saturated heterocycles. The molecule has 2 N–H and O–H groups in total. The maximum Gasteiger partial charge on any atom is 0.269 e. The highest BCUT2D eigenvalue weighted by molar-refractivity contribution is 7.89. The molecule has 32 heavy (non-hydrogen) atoms. The van der Waals surface area contributed by atoms with E-state index in [0.717, 1.165) is 29.8 Å². The quantitative estimate of drug-likeness (QED) is 0.367. The highest BCUT2D eigenvalue weighted by Gasteiger charge is 2.27. The van der Waals surface area contributed by atoms with E-state index in [0.29, 0.717) is 19.5 Å². The normalized spacial score (nSPS) is 13.3. The SMILES string of the molecule is CCN(CC)C(=O)[C@@H](Cc1ccccc1)C[C@H](O)CNS(=O)(=O)c1ccc([N+](=O)[O-])cc1. The van der Waals surface area contributed by atoms with Gasteiger partial charge in [-0.05, 0) is 44.4 Å². The Hall–Kier alpha value is -2.82. The Bertz CT molecular complexity index is 992. The third-order valence-electron chi connectivity index (χ3n) is 5.17. The van der Waals surface area contributed by atoms with Gasteiger partial charge in [-0.25, -0.2) is 13.1 Å². The summed E-state index contributed by atoms with van der Waals surface area (Å²) in [5.41, 5.74) is 0.735. The summed E-state index contributed by atoms with van der Waals surface area (Å²) in [6.45, 7) is 4.58. The molecular weight excluding hydrogens is 434 g/mol. The fraction of sp³-hybridized carbons (Fsp3) is 0.409. The first-order valence-corrected chi connectivity index (χ1v) is 11.9. The van der Waals surface area contributed by atoms with Crippen LogP contribution in [0.25, 0.3) is 0 Å². The lowest BCUT2D eigenvalue weighted by molar-refractivity contribution is -0.384. The second-order valence-corrected chi connectivity index (χ2v) is 9.16. The number of nitrogens with one attached hydrogen (secondary N) is 1. The smallest absolute Gasteiger partial charge is 0.269 e. The number of nitro groups is 1. The van der Waals surface area contributed by atoms with E-state index >= 15 is 0 Å². The molecule has 174 valence electrons. The van der Waals surface area contributed by atoms with Crippen molar-refractivity contribution in [2.45, 2.75) is 37.7 Å². The van der Waals surface area contributed by atoms with E-state index in [1.165, 1.54) is 0 Å². The van der Waals surface area contributed by atoms with Crippen LogP contribution in [0.2, 0.25) is 0 Å². The minimum absolute atomic E-state index is 0.0869. The number of carbonyl (C=O) groups is 1. The summed E-state index contributed by atoms with van der Waals surface area (Å²) >= 11 is 0. The zero-order valence-electron chi connectivity index (χ0n) is 18.2. The van der Waals surface area contributed by atoms with E-state index in [1.807, 2.05) is 44.2 Å². The van der Waals surface area contributed by atoms with Gasteiger partial charge in [0.05, 0.1) is 15.9 Å². The Labute approximate surface area is 188 Å². The van der Waals surface area contributed by atoms with Gasteiger partial charge < -0.3 is 10.0 Å². The van der Waals surface area contributed by atoms with Crippen LogP contribution in [0.3, 0.4) is 0 Å². The maximum absolute atomic E-state index is 13.0. The third-order valence-corrected chi connectivity index (χ3v) is 6.61. The Morgan fingerprint density at radius 1 is 1.09 bits per heavy atom. The van der Waals surface area contributed by atoms with Gasteiger partial charge in [-0.2, -0.15) is 0 Å². The number of rotatable bonds is 12. The first kappa shape index (κ1) is 25.4. The van der Waals surface area contributed by atoms with Gasteiger partial charge in [0.2, 0.25) is 15.9 Å². The van der Waals surface area contributed by atoms with Crippen molar-refractivity contribution in [1.29, 1.82) is 0 Å². The van der Waals surface area contributed by atoms with Gasteiger partial charge in [-0.1, -0.05) is 30.3 Å². The van der Waals surface area contributed by atoms with Crippen molar-refractivity contribution in [3.8, 4) is 0 Å². The molecule has 0 spiro atoms. The van der Waals surface area contributed by atoms with E-state index in [-0.39, 0.29) is 29.5 Å². The van der Waals surface area contributed by atoms with E-state index in [2.05, 4.69) is 4.72 Å². The molecule has 0 unspecified atom stereocenters. The van der Waals surface area contributed by atoms with Crippen LogP contribution in [0.5, 0.6) is 0 Å². The van der Waals surface area contributed by atoms with E-state index in [1.54, 1.807) is 4.90 Å². The highest BCUT2D eigenvalue weighted by Crippen LogP contribution is 2.19. The summed E-state index contributed by atoms with van der Waals surface area (Å²) in [7, 11) is -3.97. The molecule has 0 aliphatic carbocycles. The van der Waals surface area contributed by atoms with Crippen molar-refractivity contribution in [1.82, 2.24) is 9.62 Å². The number of hydrogen-bond donors (Lipinski definition) is 2. The molecule has 2 atom stereocenters. The van der Waals surface area contributed by atoms with Crippen molar-refractivity contribution in [3.05, 3.63) is 70.3 Å². The second kappa shape index (κ2) is 11.7. The summed E-state index contributed by atoms with van der Waals surface area (Å²) in [5, 5.41) is 21.2. The molecule has 1 amide bonds. The van der Waals surface area contributed by atoms with Crippen molar-refractivity contribution in [2.24, 2.45) is 5.92 Å². The predicted molar refractivity (Wildman–Crippen MR) is 120 cm³/mol. The molecule has 0 heterocycles. The van der Waals surface area contributed by atoms with Crippen LogP contribution in [-0.2, 0) is 21.2 Å². The molecular formula is C22H29N3O6S. The number of nitro benzene ring substituents is 1. The molecule has 2 aromatic rings. The lowest BCUT2D eigenvalue weighted by Crippen LogP contribution is -2.40. The standard InChI is InChI=1S/C22H29N3O6S/c1-3-24(4-2)22(27)18(14-17-8-6-5-7-9-17)15-20(26)16-23-32(30,31)21-12-10-19(11-13-21)25(28)29/h5-13,18,20,23,26H,3-4,14-16H2,1-2H3/t18-,20-/m0/s1. The molecule has 0 aliphatic rings. The van der Waals surface area contributed by atoms with Crippen LogP contribution < -0.4 is 4.72 Å². The van der Waals surface area contributed by atoms with E-state index in [9.17, 15) is 28.4 Å². The number of aliphatic hydroxyl groups excluding tert-OH is 1. The number of aliphatic hydroxyl groups is 1. The van der Waals surface area contributed by atoms with Crippen LogP contribution in [0.15, 0.2) is 59.5 Å². The topological polar surface area (TPSA) is 130 Å². The summed E-state index contributed by atoms with van der Waals surface area (Å²) in [6, 6.07) is 13.9. The van der Waals surface area contributed by atoms with Crippen LogP contribution in [0.4, 0.5) is 5.69 Å². The maximum atomic E-state index is 13.0. The van der Waals surface area contributed by atoms with Crippen molar-refractivity contribution in [3.63, 3.8) is 0 Å². The molecule has 0 fully saturated rings. The average molecular weight is 464 g/mol. The van der Waals surface area contributed by atoms with Gasteiger partial charge in [0.25, 0.3) is 5.69 Å². The predicted octanol–water partition coefficient (Wildman–Crippen LogP) is 2.35. The van der Waals surface area contributed by atoms with Gasteiger partial charge in [-0.15, -0.1) is 0 Å². The Kier molecular flexibility index (Phi) is 9.30.